The zero-order valence-corrected chi connectivity index (χ0v) is 14.1. The lowest BCUT2D eigenvalue weighted by atomic mass is 10.2. The number of hydrogen-bond donors (Lipinski definition) is 1. The second-order valence-corrected chi connectivity index (χ2v) is 6.59. The summed E-state index contributed by atoms with van der Waals surface area (Å²) in [7, 11) is 1.93. The van der Waals surface area contributed by atoms with Gasteiger partial charge in [0.15, 0.2) is 0 Å². The molecule has 0 aromatic carbocycles. The zero-order chi connectivity index (χ0) is 16.1. The molecular formula is C16H22N4O2S. The molecule has 1 aliphatic rings. The smallest absolute Gasteiger partial charge is 0.252 e. The Morgan fingerprint density at radius 2 is 2.48 bits per heavy atom. The fourth-order valence-corrected chi connectivity index (χ4v) is 3.39. The average molecular weight is 334 g/mol. The van der Waals surface area contributed by atoms with Crippen molar-refractivity contribution < 1.29 is 9.53 Å². The molecule has 23 heavy (non-hydrogen) atoms. The van der Waals surface area contributed by atoms with E-state index in [9.17, 15) is 4.79 Å². The Labute approximate surface area is 140 Å². The topological polar surface area (TPSA) is 59.4 Å². The monoisotopic (exact) mass is 334 g/mol. The fourth-order valence-electron chi connectivity index (χ4n) is 2.75. The SMILES string of the molecule is Cn1cc(CN2CCO[C@@H](CCNC(=O)c3ccsc3)C2)cn1. The lowest BCUT2D eigenvalue weighted by Crippen LogP contribution is -2.43. The van der Waals surface area contributed by atoms with E-state index in [0.29, 0.717) is 6.54 Å². The molecule has 3 rings (SSSR count). The second-order valence-electron chi connectivity index (χ2n) is 5.81. The van der Waals surface area contributed by atoms with Crippen LogP contribution < -0.4 is 5.32 Å². The van der Waals surface area contributed by atoms with Gasteiger partial charge in [-0.15, -0.1) is 0 Å². The molecule has 0 spiro atoms. The highest BCUT2D eigenvalue weighted by Crippen LogP contribution is 2.12. The molecule has 3 heterocycles. The highest BCUT2D eigenvalue weighted by atomic mass is 32.1. The Balaban J connectivity index is 1.41. The Bertz CT molecular complexity index is 626. The van der Waals surface area contributed by atoms with Crippen LogP contribution >= 0.6 is 11.3 Å². The summed E-state index contributed by atoms with van der Waals surface area (Å²) >= 11 is 1.53. The molecule has 6 nitrogen and oxygen atoms in total. The van der Waals surface area contributed by atoms with E-state index in [2.05, 4.69) is 15.3 Å². The molecule has 0 unspecified atom stereocenters. The number of morpholine rings is 1. The van der Waals surface area contributed by atoms with Crippen LogP contribution in [0.15, 0.2) is 29.2 Å². The minimum atomic E-state index is -0.00530. The van der Waals surface area contributed by atoms with Crippen molar-refractivity contribution in [3.05, 3.63) is 40.3 Å². The van der Waals surface area contributed by atoms with Crippen LogP contribution in [-0.2, 0) is 18.3 Å². The summed E-state index contributed by atoms with van der Waals surface area (Å²) in [4.78, 5) is 14.3. The van der Waals surface area contributed by atoms with E-state index in [0.717, 1.165) is 38.2 Å². The van der Waals surface area contributed by atoms with Gasteiger partial charge in [-0.1, -0.05) is 0 Å². The van der Waals surface area contributed by atoms with E-state index in [1.165, 1.54) is 16.9 Å². The predicted octanol–water partition coefficient (Wildman–Crippen LogP) is 1.50. The quantitative estimate of drug-likeness (QED) is 0.870. The maximum absolute atomic E-state index is 11.9. The van der Waals surface area contributed by atoms with Crippen molar-refractivity contribution in [1.29, 1.82) is 0 Å². The number of nitrogens with one attached hydrogen (secondary N) is 1. The van der Waals surface area contributed by atoms with Gasteiger partial charge < -0.3 is 10.1 Å². The van der Waals surface area contributed by atoms with E-state index >= 15 is 0 Å². The van der Waals surface area contributed by atoms with Crippen LogP contribution in [0.3, 0.4) is 0 Å². The van der Waals surface area contributed by atoms with E-state index < -0.39 is 0 Å². The van der Waals surface area contributed by atoms with E-state index in [1.807, 2.05) is 40.9 Å². The summed E-state index contributed by atoms with van der Waals surface area (Å²) in [6.45, 7) is 4.11. The Hall–Kier alpha value is -1.70. The molecule has 1 aliphatic heterocycles. The summed E-state index contributed by atoms with van der Waals surface area (Å²) in [5, 5.41) is 10.9. The van der Waals surface area contributed by atoms with Crippen molar-refractivity contribution >= 4 is 17.2 Å². The number of carbonyl (C=O) groups is 1. The molecule has 0 radical (unpaired) electrons. The standard InChI is InChI=1S/C16H22N4O2S/c1-19-9-13(8-18-19)10-20-5-6-22-15(11-20)2-4-17-16(21)14-3-7-23-12-14/h3,7-9,12,15H,2,4-6,10-11H2,1H3,(H,17,21)/t15-/m0/s1. The number of aryl methyl sites for hydroxylation is 1. The highest BCUT2D eigenvalue weighted by Gasteiger charge is 2.20. The van der Waals surface area contributed by atoms with Gasteiger partial charge >= 0.3 is 0 Å². The van der Waals surface area contributed by atoms with Crippen molar-refractivity contribution in [2.75, 3.05) is 26.2 Å². The lowest BCUT2D eigenvalue weighted by Gasteiger charge is -2.32. The Kier molecular flexibility index (Phi) is 5.43. The third-order valence-corrected chi connectivity index (χ3v) is 4.61. The van der Waals surface area contributed by atoms with Crippen molar-refractivity contribution in [2.45, 2.75) is 19.1 Å². The fraction of sp³-hybridized carbons (Fsp3) is 0.500. The average Bonchev–Trinajstić information content (AvgIpc) is 3.19. The number of nitrogens with zero attached hydrogens (tertiary/aromatic N) is 3. The zero-order valence-electron chi connectivity index (χ0n) is 13.3. The number of rotatable bonds is 6. The van der Waals surface area contributed by atoms with Crippen LogP contribution in [0, 0.1) is 0 Å². The lowest BCUT2D eigenvalue weighted by molar-refractivity contribution is -0.0342. The molecule has 1 atom stereocenters. The molecule has 0 bridgehead atoms. The number of carbonyl (C=O) groups excluding carboxylic acids is 1. The summed E-state index contributed by atoms with van der Waals surface area (Å²) in [5.74, 6) is -0.00530. The van der Waals surface area contributed by atoms with Crippen molar-refractivity contribution in [3.8, 4) is 0 Å². The summed E-state index contributed by atoms with van der Waals surface area (Å²) in [6, 6.07) is 1.84. The third-order valence-electron chi connectivity index (χ3n) is 3.92. The molecule has 0 saturated carbocycles. The van der Waals surface area contributed by atoms with Gasteiger partial charge in [0, 0.05) is 55.9 Å². The van der Waals surface area contributed by atoms with Gasteiger partial charge in [-0.25, -0.2) is 0 Å². The second kappa shape index (κ2) is 7.72. The third kappa shape index (κ3) is 4.63. The minimum Gasteiger partial charge on any atom is -0.375 e. The Morgan fingerprint density at radius 3 is 3.22 bits per heavy atom. The van der Waals surface area contributed by atoms with Crippen molar-refractivity contribution in [1.82, 2.24) is 20.0 Å². The maximum Gasteiger partial charge on any atom is 0.252 e. The predicted molar refractivity (Wildman–Crippen MR) is 89.5 cm³/mol. The normalized spacial score (nSPS) is 18.9. The summed E-state index contributed by atoms with van der Waals surface area (Å²) in [5.41, 5.74) is 1.96. The van der Waals surface area contributed by atoms with Crippen molar-refractivity contribution in [3.63, 3.8) is 0 Å². The van der Waals surface area contributed by atoms with Gasteiger partial charge in [0.1, 0.15) is 0 Å². The van der Waals surface area contributed by atoms with Crippen LogP contribution in [0.25, 0.3) is 0 Å². The number of thiophene rings is 1. The van der Waals surface area contributed by atoms with Crippen LogP contribution in [0.4, 0.5) is 0 Å². The van der Waals surface area contributed by atoms with Gasteiger partial charge in [0.25, 0.3) is 5.91 Å². The molecule has 1 amide bonds. The number of hydrogen-bond acceptors (Lipinski definition) is 5. The first kappa shape index (κ1) is 16.2. The molecule has 0 aliphatic carbocycles. The van der Waals surface area contributed by atoms with Crippen LogP contribution in [-0.4, -0.2) is 52.9 Å². The highest BCUT2D eigenvalue weighted by molar-refractivity contribution is 7.08. The number of ether oxygens (including phenoxy) is 1. The van der Waals surface area contributed by atoms with Crippen LogP contribution in [0.1, 0.15) is 22.3 Å². The van der Waals surface area contributed by atoms with Gasteiger partial charge in [-0.05, 0) is 17.9 Å². The minimum absolute atomic E-state index is 0.00530. The molecule has 1 saturated heterocycles. The largest absolute Gasteiger partial charge is 0.375 e. The molecule has 124 valence electrons. The molecule has 2 aromatic heterocycles. The van der Waals surface area contributed by atoms with Crippen LogP contribution in [0.5, 0.6) is 0 Å². The number of aromatic nitrogens is 2. The number of amides is 1. The summed E-state index contributed by atoms with van der Waals surface area (Å²) in [6.07, 6.45) is 4.96. The van der Waals surface area contributed by atoms with Gasteiger partial charge in [-0.2, -0.15) is 16.4 Å². The molecule has 1 N–H and O–H groups in total. The Morgan fingerprint density at radius 1 is 1.57 bits per heavy atom. The first-order valence-corrected chi connectivity index (χ1v) is 8.77. The van der Waals surface area contributed by atoms with Crippen LogP contribution in [0.2, 0.25) is 0 Å². The molecule has 1 fully saturated rings. The summed E-state index contributed by atoms with van der Waals surface area (Å²) < 4.78 is 7.64. The maximum atomic E-state index is 11.9. The van der Waals surface area contributed by atoms with Gasteiger partial charge in [0.2, 0.25) is 0 Å². The van der Waals surface area contributed by atoms with E-state index in [4.69, 9.17) is 4.74 Å². The van der Waals surface area contributed by atoms with E-state index in [-0.39, 0.29) is 12.0 Å². The molecular weight excluding hydrogens is 312 g/mol. The van der Waals surface area contributed by atoms with Gasteiger partial charge in [0.05, 0.1) is 18.9 Å². The first-order valence-electron chi connectivity index (χ1n) is 7.82. The van der Waals surface area contributed by atoms with Crippen molar-refractivity contribution in [2.24, 2.45) is 7.05 Å². The molecule has 7 heteroatoms. The van der Waals surface area contributed by atoms with Gasteiger partial charge in [-0.3, -0.25) is 14.4 Å². The molecule has 2 aromatic rings. The first-order chi connectivity index (χ1) is 11.2. The van der Waals surface area contributed by atoms with E-state index in [1.54, 1.807) is 0 Å².